The number of nitrogens with one attached hydrogen (secondary N) is 1. The van der Waals surface area contributed by atoms with Gasteiger partial charge in [-0.3, -0.25) is 4.79 Å². The van der Waals surface area contributed by atoms with E-state index in [-0.39, 0.29) is 17.2 Å². The fourth-order valence-electron chi connectivity index (χ4n) is 1.79. The summed E-state index contributed by atoms with van der Waals surface area (Å²) >= 11 is 5.04. The van der Waals surface area contributed by atoms with Gasteiger partial charge in [0.05, 0.1) is 16.2 Å². The van der Waals surface area contributed by atoms with Crippen LogP contribution in [0.1, 0.15) is 32.1 Å². The Morgan fingerprint density at radius 2 is 2.17 bits per heavy atom. The molecule has 0 saturated heterocycles. The van der Waals surface area contributed by atoms with Crippen LogP contribution in [0.5, 0.6) is 0 Å². The highest BCUT2D eigenvalue weighted by molar-refractivity contribution is 9.11. The van der Waals surface area contributed by atoms with E-state index in [1.54, 1.807) is 11.3 Å². The Bertz CT molecular complexity index is 398. The van der Waals surface area contributed by atoms with Crippen molar-refractivity contribution in [3.05, 3.63) is 20.8 Å². The third-order valence-electron chi connectivity index (χ3n) is 2.58. The number of carbonyl (C=O) groups excluding carboxylic acids is 1. The van der Waals surface area contributed by atoms with E-state index in [1.807, 2.05) is 12.1 Å². The Kier molecular flexibility index (Phi) is 5.82. The molecular weight excluding hydrogens is 312 g/mol. The van der Waals surface area contributed by atoms with Gasteiger partial charge in [0.25, 0.3) is 0 Å². The second-order valence-corrected chi connectivity index (χ2v) is 8.17. The zero-order valence-corrected chi connectivity index (χ0v) is 13.5. The molecule has 3 N–H and O–H groups in total. The number of thiophene rings is 1. The van der Waals surface area contributed by atoms with Gasteiger partial charge in [0.15, 0.2) is 0 Å². The van der Waals surface area contributed by atoms with Crippen molar-refractivity contribution >= 4 is 33.2 Å². The van der Waals surface area contributed by atoms with Crippen LogP contribution in [-0.4, -0.2) is 12.5 Å². The van der Waals surface area contributed by atoms with Crippen molar-refractivity contribution in [2.45, 2.75) is 33.7 Å². The Morgan fingerprint density at radius 1 is 1.50 bits per heavy atom. The van der Waals surface area contributed by atoms with E-state index in [0.717, 1.165) is 15.1 Å². The molecule has 0 radical (unpaired) electrons. The van der Waals surface area contributed by atoms with Gasteiger partial charge in [0.1, 0.15) is 0 Å². The van der Waals surface area contributed by atoms with Crippen LogP contribution in [0.15, 0.2) is 15.9 Å². The average molecular weight is 333 g/mol. The van der Waals surface area contributed by atoms with Gasteiger partial charge >= 0.3 is 0 Å². The molecule has 0 aliphatic rings. The molecule has 0 aliphatic heterocycles. The lowest BCUT2D eigenvalue weighted by atomic mass is 9.84. The van der Waals surface area contributed by atoms with E-state index in [9.17, 15) is 4.79 Å². The first kappa shape index (κ1) is 15.7. The third kappa shape index (κ3) is 5.50. The van der Waals surface area contributed by atoms with Crippen LogP contribution in [0.2, 0.25) is 0 Å². The maximum Gasteiger partial charge on any atom is 0.224 e. The molecule has 0 aromatic carbocycles. The Labute approximate surface area is 121 Å². The number of hydrogen-bond acceptors (Lipinski definition) is 3. The zero-order valence-electron chi connectivity index (χ0n) is 11.1. The molecule has 1 atom stereocenters. The molecule has 5 heteroatoms. The van der Waals surface area contributed by atoms with Crippen molar-refractivity contribution in [1.29, 1.82) is 0 Å². The molecule has 1 unspecified atom stereocenters. The van der Waals surface area contributed by atoms with E-state index in [2.05, 4.69) is 42.0 Å². The van der Waals surface area contributed by atoms with Crippen LogP contribution in [0, 0.1) is 11.3 Å². The summed E-state index contributed by atoms with van der Waals surface area (Å²) in [6, 6.07) is 4.00. The summed E-state index contributed by atoms with van der Waals surface area (Å²) in [5.41, 5.74) is 5.81. The first-order chi connectivity index (χ1) is 8.31. The Morgan fingerprint density at radius 3 is 2.61 bits per heavy atom. The van der Waals surface area contributed by atoms with Crippen LogP contribution < -0.4 is 11.1 Å². The monoisotopic (exact) mass is 332 g/mol. The lowest BCUT2D eigenvalue weighted by molar-refractivity contribution is -0.125. The van der Waals surface area contributed by atoms with Gasteiger partial charge in [0.2, 0.25) is 5.91 Å². The molecule has 0 saturated carbocycles. The smallest absolute Gasteiger partial charge is 0.224 e. The molecule has 0 aliphatic carbocycles. The Balaban J connectivity index is 2.47. The third-order valence-corrected chi connectivity index (χ3v) is 4.20. The second kappa shape index (κ2) is 6.68. The minimum atomic E-state index is -0.103. The van der Waals surface area contributed by atoms with Crippen LogP contribution in [0.3, 0.4) is 0 Å². The molecule has 1 rings (SSSR count). The van der Waals surface area contributed by atoms with E-state index < -0.39 is 0 Å². The lowest BCUT2D eigenvalue weighted by Crippen LogP contribution is -2.36. The Hall–Kier alpha value is -0.390. The highest BCUT2D eigenvalue weighted by atomic mass is 79.9. The molecule has 0 fully saturated rings. The van der Waals surface area contributed by atoms with Crippen LogP contribution >= 0.6 is 27.3 Å². The predicted octanol–water partition coefficient (Wildman–Crippen LogP) is 3.14. The zero-order chi connectivity index (χ0) is 13.8. The van der Waals surface area contributed by atoms with E-state index in [0.29, 0.717) is 13.1 Å². The lowest BCUT2D eigenvalue weighted by Gasteiger charge is -2.24. The number of hydrogen-bond donors (Lipinski definition) is 2. The first-order valence-corrected chi connectivity index (χ1v) is 7.65. The van der Waals surface area contributed by atoms with E-state index in [4.69, 9.17) is 5.73 Å². The molecule has 1 aromatic heterocycles. The van der Waals surface area contributed by atoms with Crippen LogP contribution in [-0.2, 0) is 11.3 Å². The summed E-state index contributed by atoms with van der Waals surface area (Å²) in [5.74, 6) is -0.0506. The standard InChI is InChI=1S/C13H21BrN2OS/c1-13(2,3)6-9(7-15)12(17)16-8-10-4-5-11(14)18-10/h4-5,9H,6-8,15H2,1-3H3,(H,16,17). The highest BCUT2D eigenvalue weighted by Crippen LogP contribution is 2.25. The number of amides is 1. The van der Waals surface area contributed by atoms with Crippen molar-refractivity contribution < 1.29 is 4.79 Å². The topological polar surface area (TPSA) is 55.1 Å². The molecule has 1 heterocycles. The van der Waals surface area contributed by atoms with E-state index >= 15 is 0 Å². The summed E-state index contributed by atoms with van der Waals surface area (Å²) in [7, 11) is 0. The molecule has 3 nitrogen and oxygen atoms in total. The number of carbonyl (C=O) groups is 1. The predicted molar refractivity (Wildman–Crippen MR) is 80.5 cm³/mol. The van der Waals surface area contributed by atoms with Crippen molar-refractivity contribution in [3.63, 3.8) is 0 Å². The molecule has 1 aromatic rings. The molecule has 0 bridgehead atoms. The largest absolute Gasteiger partial charge is 0.351 e. The summed E-state index contributed by atoms with van der Waals surface area (Å²) < 4.78 is 1.08. The SMILES string of the molecule is CC(C)(C)CC(CN)C(=O)NCc1ccc(Br)s1. The van der Waals surface area contributed by atoms with Crippen molar-refractivity contribution in [2.24, 2.45) is 17.1 Å². The van der Waals surface area contributed by atoms with Gasteiger partial charge < -0.3 is 11.1 Å². The van der Waals surface area contributed by atoms with Gasteiger partial charge in [-0.1, -0.05) is 20.8 Å². The highest BCUT2D eigenvalue weighted by Gasteiger charge is 2.23. The van der Waals surface area contributed by atoms with Crippen molar-refractivity contribution in [2.75, 3.05) is 6.54 Å². The number of rotatable bonds is 5. The van der Waals surface area contributed by atoms with Crippen molar-refractivity contribution in [1.82, 2.24) is 5.32 Å². The minimum Gasteiger partial charge on any atom is -0.351 e. The van der Waals surface area contributed by atoms with Gasteiger partial charge in [0, 0.05) is 11.4 Å². The molecule has 102 valence electrons. The molecule has 18 heavy (non-hydrogen) atoms. The van der Waals surface area contributed by atoms with Crippen LogP contribution in [0.4, 0.5) is 0 Å². The minimum absolute atomic E-state index is 0.0527. The quantitative estimate of drug-likeness (QED) is 0.870. The van der Waals surface area contributed by atoms with Gasteiger partial charge in [-0.25, -0.2) is 0 Å². The van der Waals surface area contributed by atoms with Gasteiger partial charge in [-0.05, 0) is 39.9 Å². The summed E-state index contributed by atoms with van der Waals surface area (Å²) in [4.78, 5) is 13.2. The summed E-state index contributed by atoms with van der Waals surface area (Å²) in [6.45, 7) is 7.35. The summed E-state index contributed by atoms with van der Waals surface area (Å²) in [5, 5.41) is 2.96. The van der Waals surface area contributed by atoms with Crippen LogP contribution in [0.25, 0.3) is 0 Å². The van der Waals surface area contributed by atoms with E-state index in [1.165, 1.54) is 0 Å². The summed E-state index contributed by atoms with van der Waals surface area (Å²) in [6.07, 6.45) is 0.809. The molecular formula is C13H21BrN2OS. The second-order valence-electron chi connectivity index (χ2n) is 5.62. The number of nitrogens with two attached hydrogens (primary N) is 1. The average Bonchev–Trinajstić information content (AvgIpc) is 2.67. The molecule has 0 spiro atoms. The van der Waals surface area contributed by atoms with Crippen molar-refractivity contribution in [3.8, 4) is 0 Å². The maximum absolute atomic E-state index is 12.0. The molecule has 1 amide bonds. The fourth-order valence-corrected chi connectivity index (χ4v) is 3.21. The van der Waals surface area contributed by atoms with Gasteiger partial charge in [-0.2, -0.15) is 0 Å². The first-order valence-electron chi connectivity index (χ1n) is 6.04. The maximum atomic E-state index is 12.0. The normalized spacial score (nSPS) is 13.4. The van der Waals surface area contributed by atoms with Gasteiger partial charge in [-0.15, -0.1) is 11.3 Å². The fraction of sp³-hybridized carbons (Fsp3) is 0.615. The number of halogens is 1.